The van der Waals surface area contributed by atoms with E-state index in [1.54, 1.807) is 0 Å². The summed E-state index contributed by atoms with van der Waals surface area (Å²) in [6, 6.07) is 0. The van der Waals surface area contributed by atoms with Gasteiger partial charge in [0, 0.05) is 6.20 Å². The Labute approximate surface area is 135 Å². The average molecular weight is 333 g/mol. The molecule has 2 aromatic heterocycles. The van der Waals surface area contributed by atoms with Crippen molar-refractivity contribution in [3.05, 3.63) is 18.1 Å². The molecule has 1 aliphatic heterocycles. The molecule has 1 aliphatic rings. The molecule has 0 aromatic carbocycles. The fraction of sp³-hybridized carbons (Fsp3) is 0.357. The number of hydrogen-bond donors (Lipinski definition) is 5. The molecular weight excluding hydrogens is 318 g/mol. The number of carbonyl (C=O) groups is 1. The molecule has 1 amide bonds. The van der Waals surface area contributed by atoms with Gasteiger partial charge in [-0.05, 0) is 0 Å². The minimum atomic E-state index is -2.16. The number of hydrogen-bond acceptors (Lipinski definition) is 8. The number of aliphatic hydroxyl groups is 3. The SMILES string of the molecule is C#C[C@]1(O)[C@H](O)[C@@H](CO)O[C@H]1n1cc(C(N)=O)c2c(N)ncnc21. The van der Waals surface area contributed by atoms with Crippen LogP contribution in [0.1, 0.15) is 16.6 Å². The van der Waals surface area contributed by atoms with Gasteiger partial charge >= 0.3 is 0 Å². The number of primary amides is 1. The van der Waals surface area contributed by atoms with E-state index in [-0.39, 0.29) is 22.4 Å². The summed E-state index contributed by atoms with van der Waals surface area (Å²) in [6.07, 6.45) is 3.79. The third kappa shape index (κ3) is 2.04. The highest BCUT2D eigenvalue weighted by molar-refractivity contribution is 6.08. The Kier molecular flexibility index (Phi) is 3.66. The molecule has 10 heteroatoms. The minimum absolute atomic E-state index is 0.00742. The number of fused-ring (bicyclic) bond motifs is 1. The van der Waals surface area contributed by atoms with Crippen LogP contribution in [-0.4, -0.2) is 60.2 Å². The van der Waals surface area contributed by atoms with Gasteiger partial charge in [-0.3, -0.25) is 4.79 Å². The maximum atomic E-state index is 11.7. The molecule has 1 fully saturated rings. The van der Waals surface area contributed by atoms with Gasteiger partial charge in [0.2, 0.25) is 0 Å². The second-order valence-corrected chi connectivity index (χ2v) is 5.40. The van der Waals surface area contributed by atoms with Crippen molar-refractivity contribution in [1.29, 1.82) is 0 Å². The van der Waals surface area contributed by atoms with Crippen LogP contribution in [-0.2, 0) is 4.74 Å². The number of nitrogen functional groups attached to an aromatic ring is 1. The quantitative estimate of drug-likeness (QED) is 0.391. The summed E-state index contributed by atoms with van der Waals surface area (Å²) in [5, 5.41) is 30.2. The van der Waals surface area contributed by atoms with Crippen LogP contribution in [0.15, 0.2) is 12.5 Å². The molecule has 24 heavy (non-hydrogen) atoms. The number of aromatic nitrogens is 3. The maximum absolute atomic E-state index is 11.7. The molecule has 2 aromatic rings. The van der Waals surface area contributed by atoms with Gasteiger partial charge in [-0.15, -0.1) is 6.42 Å². The second kappa shape index (κ2) is 5.43. The van der Waals surface area contributed by atoms with Crippen LogP contribution in [0.3, 0.4) is 0 Å². The third-order valence-electron chi connectivity index (χ3n) is 4.05. The highest BCUT2D eigenvalue weighted by Gasteiger charge is 2.55. The lowest BCUT2D eigenvalue weighted by Gasteiger charge is -2.26. The molecule has 3 rings (SSSR count). The Morgan fingerprint density at radius 1 is 1.54 bits per heavy atom. The molecular formula is C14H15N5O5. The van der Waals surface area contributed by atoms with E-state index in [4.69, 9.17) is 22.6 Å². The van der Waals surface area contributed by atoms with Crippen molar-refractivity contribution in [2.45, 2.75) is 24.0 Å². The van der Waals surface area contributed by atoms with Crippen LogP contribution in [0.5, 0.6) is 0 Å². The van der Waals surface area contributed by atoms with Crippen molar-refractivity contribution in [1.82, 2.24) is 14.5 Å². The van der Waals surface area contributed by atoms with Gasteiger partial charge < -0.3 is 36.1 Å². The number of nitrogens with two attached hydrogens (primary N) is 2. The van der Waals surface area contributed by atoms with Crippen molar-refractivity contribution in [2.24, 2.45) is 5.73 Å². The van der Waals surface area contributed by atoms with Gasteiger partial charge in [0.25, 0.3) is 5.91 Å². The Morgan fingerprint density at radius 2 is 2.25 bits per heavy atom. The van der Waals surface area contributed by atoms with Gasteiger partial charge in [-0.2, -0.15) is 0 Å². The van der Waals surface area contributed by atoms with Crippen molar-refractivity contribution in [3.63, 3.8) is 0 Å². The molecule has 3 heterocycles. The van der Waals surface area contributed by atoms with Gasteiger partial charge in [-0.1, -0.05) is 5.92 Å². The molecule has 0 spiro atoms. The fourth-order valence-electron chi connectivity index (χ4n) is 2.82. The predicted octanol–water partition coefficient (Wildman–Crippen LogP) is -2.27. The van der Waals surface area contributed by atoms with E-state index in [0.717, 1.165) is 6.33 Å². The molecule has 0 aliphatic carbocycles. The van der Waals surface area contributed by atoms with Crippen LogP contribution >= 0.6 is 0 Å². The summed E-state index contributed by atoms with van der Waals surface area (Å²) in [5.74, 6) is 1.30. The van der Waals surface area contributed by atoms with Gasteiger partial charge in [0.15, 0.2) is 11.8 Å². The predicted molar refractivity (Wildman–Crippen MR) is 81.2 cm³/mol. The first-order valence-corrected chi connectivity index (χ1v) is 6.90. The number of rotatable bonds is 3. The summed E-state index contributed by atoms with van der Waals surface area (Å²) in [7, 11) is 0. The summed E-state index contributed by atoms with van der Waals surface area (Å²) in [4.78, 5) is 19.5. The van der Waals surface area contributed by atoms with E-state index >= 15 is 0 Å². The minimum Gasteiger partial charge on any atom is -0.394 e. The van der Waals surface area contributed by atoms with E-state index in [1.165, 1.54) is 10.8 Å². The first kappa shape index (κ1) is 16.2. The molecule has 0 bridgehead atoms. The lowest BCUT2D eigenvalue weighted by Crippen LogP contribution is -2.45. The van der Waals surface area contributed by atoms with Crippen molar-refractivity contribution >= 4 is 22.8 Å². The Bertz CT molecular complexity index is 859. The molecule has 0 saturated carbocycles. The summed E-state index contributed by atoms with van der Waals surface area (Å²) in [5.41, 5.74) is 9.12. The Balaban J connectivity index is 2.25. The summed E-state index contributed by atoms with van der Waals surface area (Å²) in [6.45, 7) is -0.569. The van der Waals surface area contributed by atoms with Crippen molar-refractivity contribution in [3.8, 4) is 12.3 Å². The molecule has 10 nitrogen and oxygen atoms in total. The molecule has 126 valence electrons. The van der Waals surface area contributed by atoms with E-state index < -0.39 is 36.6 Å². The summed E-state index contributed by atoms with van der Waals surface area (Å²) >= 11 is 0. The maximum Gasteiger partial charge on any atom is 0.251 e. The van der Waals surface area contributed by atoms with Crippen molar-refractivity contribution < 1.29 is 24.9 Å². The topological polar surface area (TPSA) is 170 Å². The lowest BCUT2D eigenvalue weighted by molar-refractivity contribution is -0.0718. The third-order valence-corrected chi connectivity index (χ3v) is 4.05. The number of amides is 1. The highest BCUT2D eigenvalue weighted by Crippen LogP contribution is 2.40. The molecule has 0 radical (unpaired) electrons. The van der Waals surface area contributed by atoms with Crippen LogP contribution in [0.2, 0.25) is 0 Å². The molecule has 0 unspecified atom stereocenters. The smallest absolute Gasteiger partial charge is 0.251 e. The van der Waals surface area contributed by atoms with E-state index in [9.17, 15) is 20.1 Å². The zero-order valence-electron chi connectivity index (χ0n) is 12.3. The van der Waals surface area contributed by atoms with Crippen LogP contribution in [0, 0.1) is 12.3 Å². The second-order valence-electron chi connectivity index (χ2n) is 5.40. The zero-order valence-corrected chi connectivity index (χ0v) is 12.3. The number of terminal acetylenes is 1. The van der Waals surface area contributed by atoms with Crippen LogP contribution in [0.25, 0.3) is 11.0 Å². The lowest BCUT2D eigenvalue weighted by atomic mass is 9.95. The monoisotopic (exact) mass is 333 g/mol. The average Bonchev–Trinajstić information content (AvgIpc) is 3.06. The standard InChI is InChI=1S/C14H15N5O5/c1-2-14(23)9(21)7(4-20)24-13(14)19-3-6(11(16)22)8-10(15)17-5-18-12(8)19/h1,3,5,7,9,13,20-21,23H,4H2,(H2,16,22)(H2,15,17,18)/t7-,9-,13-,14+/m1/s1. The fourth-order valence-corrected chi connectivity index (χ4v) is 2.82. The van der Waals surface area contributed by atoms with E-state index in [0.29, 0.717) is 0 Å². The van der Waals surface area contributed by atoms with Gasteiger partial charge in [-0.25, -0.2) is 9.97 Å². The largest absolute Gasteiger partial charge is 0.394 e. The van der Waals surface area contributed by atoms with Crippen LogP contribution in [0.4, 0.5) is 5.82 Å². The number of aliphatic hydroxyl groups excluding tert-OH is 2. The number of anilines is 1. The van der Waals surface area contributed by atoms with Gasteiger partial charge in [0.05, 0.1) is 17.6 Å². The number of nitrogens with zero attached hydrogens (tertiary/aromatic N) is 3. The molecule has 4 atom stereocenters. The first-order valence-electron chi connectivity index (χ1n) is 6.90. The normalized spacial score (nSPS) is 29.7. The van der Waals surface area contributed by atoms with Gasteiger partial charge in [0.1, 0.15) is 30.0 Å². The number of ether oxygens (including phenoxy) is 1. The van der Waals surface area contributed by atoms with Crippen LogP contribution < -0.4 is 11.5 Å². The zero-order chi connectivity index (χ0) is 17.6. The van der Waals surface area contributed by atoms with E-state index in [2.05, 4.69) is 15.9 Å². The Hall–Kier alpha value is -2.71. The highest BCUT2D eigenvalue weighted by atomic mass is 16.6. The molecule has 7 N–H and O–H groups in total. The first-order chi connectivity index (χ1) is 11.3. The Morgan fingerprint density at radius 3 is 2.83 bits per heavy atom. The van der Waals surface area contributed by atoms with Crippen molar-refractivity contribution in [2.75, 3.05) is 12.3 Å². The van der Waals surface area contributed by atoms with E-state index in [1.807, 2.05) is 0 Å². The number of carbonyl (C=O) groups excluding carboxylic acids is 1. The summed E-state index contributed by atoms with van der Waals surface area (Å²) < 4.78 is 6.72. The molecule has 1 saturated heterocycles.